The van der Waals surface area contributed by atoms with E-state index in [1.165, 1.54) is 0 Å². The van der Waals surface area contributed by atoms with Crippen molar-refractivity contribution in [2.75, 3.05) is 5.73 Å². The minimum atomic E-state index is -4.86. The summed E-state index contributed by atoms with van der Waals surface area (Å²) in [5, 5.41) is 13.3. The zero-order valence-corrected chi connectivity index (χ0v) is 8.93. The molecule has 17 heavy (non-hydrogen) atoms. The van der Waals surface area contributed by atoms with Gasteiger partial charge in [-0.25, -0.2) is 13.6 Å². The Morgan fingerprint density at radius 1 is 1.29 bits per heavy atom. The SMILES string of the molecule is N#Cc1c(C(F)(F)F)ccc(N)c1S(N)(=O)=O. The van der Waals surface area contributed by atoms with Gasteiger partial charge in [0.2, 0.25) is 10.0 Å². The molecule has 1 aromatic rings. The highest BCUT2D eigenvalue weighted by molar-refractivity contribution is 7.89. The summed E-state index contributed by atoms with van der Waals surface area (Å²) in [7, 11) is -4.51. The Kier molecular flexibility index (Phi) is 3.05. The summed E-state index contributed by atoms with van der Waals surface area (Å²) in [6.45, 7) is 0. The van der Waals surface area contributed by atoms with E-state index in [2.05, 4.69) is 0 Å². The molecule has 0 saturated heterocycles. The molecule has 0 aromatic heterocycles. The average Bonchev–Trinajstić information content (AvgIpc) is 2.12. The number of alkyl halides is 3. The number of primary sulfonamides is 1. The molecule has 0 unspecified atom stereocenters. The molecule has 0 aliphatic rings. The fourth-order valence-corrected chi connectivity index (χ4v) is 2.09. The van der Waals surface area contributed by atoms with Gasteiger partial charge in [0.1, 0.15) is 11.0 Å². The molecule has 5 nitrogen and oxygen atoms in total. The molecule has 0 spiro atoms. The highest BCUT2D eigenvalue weighted by Gasteiger charge is 2.36. The number of nitriles is 1. The number of nitrogens with zero attached hydrogens (tertiary/aromatic N) is 1. The fraction of sp³-hybridized carbons (Fsp3) is 0.125. The Labute approximate surface area is 94.5 Å². The van der Waals surface area contributed by atoms with Crippen LogP contribution in [0.2, 0.25) is 0 Å². The van der Waals surface area contributed by atoms with Gasteiger partial charge in [-0.2, -0.15) is 18.4 Å². The van der Waals surface area contributed by atoms with E-state index in [1.807, 2.05) is 0 Å². The lowest BCUT2D eigenvalue weighted by atomic mass is 10.1. The summed E-state index contributed by atoms with van der Waals surface area (Å²) < 4.78 is 59.7. The van der Waals surface area contributed by atoms with Crippen LogP contribution in [0.4, 0.5) is 18.9 Å². The first kappa shape index (κ1) is 13.3. The molecule has 0 aliphatic heterocycles. The maximum absolute atomic E-state index is 12.5. The second-order valence-electron chi connectivity index (χ2n) is 3.06. The van der Waals surface area contributed by atoms with Crippen LogP contribution in [0.1, 0.15) is 11.1 Å². The largest absolute Gasteiger partial charge is 0.417 e. The summed E-state index contributed by atoms with van der Waals surface area (Å²) in [6.07, 6.45) is -4.86. The zero-order chi connectivity index (χ0) is 13.4. The summed E-state index contributed by atoms with van der Waals surface area (Å²) >= 11 is 0. The first-order chi connectivity index (χ1) is 7.59. The normalized spacial score (nSPS) is 12.2. The minimum Gasteiger partial charge on any atom is -0.398 e. The van der Waals surface area contributed by atoms with Gasteiger partial charge in [-0.15, -0.1) is 0 Å². The standard InChI is InChI=1S/C8H6F3N3O2S/c9-8(10,11)5-1-2-6(13)7(4(5)3-12)17(14,15)16/h1-2H,13H2,(H2,14,15,16). The first-order valence-electron chi connectivity index (χ1n) is 4.01. The maximum Gasteiger partial charge on any atom is 0.417 e. The molecule has 0 amide bonds. The van der Waals surface area contributed by atoms with Crippen molar-refractivity contribution in [1.82, 2.24) is 0 Å². The van der Waals surface area contributed by atoms with E-state index in [4.69, 9.17) is 16.1 Å². The van der Waals surface area contributed by atoms with E-state index in [0.717, 1.165) is 12.1 Å². The lowest BCUT2D eigenvalue weighted by Gasteiger charge is -2.12. The third kappa shape index (κ3) is 2.48. The third-order valence-electron chi connectivity index (χ3n) is 1.89. The van der Waals surface area contributed by atoms with Crippen LogP contribution in [0.15, 0.2) is 17.0 Å². The number of halogens is 3. The van der Waals surface area contributed by atoms with Crippen molar-refractivity contribution in [3.05, 3.63) is 23.3 Å². The molecule has 0 aliphatic carbocycles. The molecule has 1 aromatic carbocycles. The van der Waals surface area contributed by atoms with Gasteiger partial charge in [-0.3, -0.25) is 0 Å². The number of nitrogens with two attached hydrogens (primary N) is 2. The highest BCUT2D eigenvalue weighted by Crippen LogP contribution is 2.36. The number of benzene rings is 1. The molecule has 0 heterocycles. The van der Waals surface area contributed by atoms with E-state index in [-0.39, 0.29) is 0 Å². The lowest BCUT2D eigenvalue weighted by Crippen LogP contribution is -2.19. The summed E-state index contributed by atoms with van der Waals surface area (Å²) in [5.74, 6) is 0. The van der Waals surface area contributed by atoms with E-state index >= 15 is 0 Å². The first-order valence-corrected chi connectivity index (χ1v) is 5.56. The Balaban J connectivity index is 3.80. The van der Waals surface area contributed by atoms with Gasteiger partial charge in [-0.05, 0) is 12.1 Å². The lowest BCUT2D eigenvalue weighted by molar-refractivity contribution is -0.137. The molecular formula is C8H6F3N3O2S. The molecule has 92 valence electrons. The number of hydrogen-bond donors (Lipinski definition) is 2. The number of rotatable bonds is 1. The van der Waals surface area contributed by atoms with Crippen LogP contribution in [-0.2, 0) is 16.2 Å². The molecule has 0 radical (unpaired) electrons. The van der Waals surface area contributed by atoms with Crippen molar-refractivity contribution in [3.63, 3.8) is 0 Å². The van der Waals surface area contributed by atoms with Crippen LogP contribution in [-0.4, -0.2) is 8.42 Å². The Hall–Kier alpha value is -1.79. The van der Waals surface area contributed by atoms with E-state index in [9.17, 15) is 21.6 Å². The molecule has 9 heteroatoms. The quantitative estimate of drug-likeness (QED) is 0.732. The molecule has 1 rings (SSSR count). The summed E-state index contributed by atoms with van der Waals surface area (Å²) in [4.78, 5) is -1.00. The number of nitrogen functional groups attached to an aromatic ring is 1. The van der Waals surface area contributed by atoms with E-state index < -0.39 is 37.9 Å². The van der Waals surface area contributed by atoms with Crippen molar-refractivity contribution in [2.45, 2.75) is 11.1 Å². The van der Waals surface area contributed by atoms with Gasteiger partial charge < -0.3 is 5.73 Å². The Morgan fingerprint density at radius 2 is 1.82 bits per heavy atom. The number of anilines is 1. The average molecular weight is 265 g/mol. The predicted molar refractivity (Wildman–Crippen MR) is 51.9 cm³/mol. The van der Waals surface area contributed by atoms with E-state index in [0.29, 0.717) is 6.07 Å². The molecule has 0 bridgehead atoms. The van der Waals surface area contributed by atoms with Crippen molar-refractivity contribution in [1.29, 1.82) is 5.26 Å². The van der Waals surface area contributed by atoms with Crippen LogP contribution >= 0.6 is 0 Å². The molecule has 0 atom stereocenters. The van der Waals surface area contributed by atoms with Gasteiger partial charge in [0, 0.05) is 0 Å². The zero-order valence-electron chi connectivity index (χ0n) is 8.12. The Bertz CT molecular complexity index is 602. The van der Waals surface area contributed by atoms with Crippen molar-refractivity contribution >= 4 is 15.7 Å². The second-order valence-corrected chi connectivity index (χ2v) is 4.56. The van der Waals surface area contributed by atoms with Gasteiger partial charge in [0.15, 0.2) is 0 Å². The highest BCUT2D eigenvalue weighted by atomic mass is 32.2. The second kappa shape index (κ2) is 3.90. The minimum absolute atomic E-state index is 0.503. The van der Waals surface area contributed by atoms with Crippen molar-refractivity contribution in [3.8, 4) is 6.07 Å². The van der Waals surface area contributed by atoms with Gasteiger partial charge in [0.25, 0.3) is 0 Å². The fourth-order valence-electron chi connectivity index (χ4n) is 1.25. The van der Waals surface area contributed by atoms with Crippen LogP contribution in [0, 0.1) is 11.3 Å². The molecule has 0 fully saturated rings. The smallest absolute Gasteiger partial charge is 0.398 e. The molecular weight excluding hydrogens is 259 g/mol. The number of sulfonamides is 1. The predicted octanol–water partition coefficient (Wildman–Crippen LogP) is 0.807. The van der Waals surface area contributed by atoms with Crippen molar-refractivity contribution in [2.24, 2.45) is 5.14 Å². The molecule has 4 N–H and O–H groups in total. The maximum atomic E-state index is 12.5. The third-order valence-corrected chi connectivity index (χ3v) is 2.90. The van der Waals surface area contributed by atoms with Crippen LogP contribution < -0.4 is 10.9 Å². The summed E-state index contributed by atoms with van der Waals surface area (Å²) in [6, 6.07) is 2.43. The van der Waals surface area contributed by atoms with Crippen LogP contribution in [0.5, 0.6) is 0 Å². The topological polar surface area (TPSA) is 110 Å². The van der Waals surface area contributed by atoms with Crippen LogP contribution in [0.25, 0.3) is 0 Å². The van der Waals surface area contributed by atoms with Crippen LogP contribution in [0.3, 0.4) is 0 Å². The Morgan fingerprint density at radius 3 is 2.18 bits per heavy atom. The van der Waals surface area contributed by atoms with Crippen molar-refractivity contribution < 1.29 is 21.6 Å². The van der Waals surface area contributed by atoms with Gasteiger partial charge in [0.05, 0.1) is 16.8 Å². The molecule has 0 saturated carbocycles. The summed E-state index contributed by atoms with van der Waals surface area (Å²) in [5.41, 5.74) is 2.23. The monoisotopic (exact) mass is 265 g/mol. The number of hydrogen-bond acceptors (Lipinski definition) is 4. The van der Waals surface area contributed by atoms with E-state index in [1.54, 1.807) is 0 Å². The van der Waals surface area contributed by atoms with Gasteiger partial charge >= 0.3 is 6.18 Å². The van der Waals surface area contributed by atoms with Gasteiger partial charge in [-0.1, -0.05) is 0 Å².